The zero-order valence-corrected chi connectivity index (χ0v) is 14.0. The fourth-order valence-corrected chi connectivity index (χ4v) is 2.75. The fourth-order valence-electron chi connectivity index (χ4n) is 1.93. The SMILES string of the molecule is Cc1ccc(S(=O)(=O)N/N=C/c2ccc(C(F)(F)F)cc2)cc1[N+](=O)[O-]. The number of hydrazone groups is 1. The van der Waals surface area contributed by atoms with E-state index < -0.39 is 26.7 Å². The largest absolute Gasteiger partial charge is 0.416 e. The molecule has 2 rings (SSSR count). The number of nitro groups is 1. The topological polar surface area (TPSA) is 102 Å². The van der Waals surface area contributed by atoms with Crippen LogP contribution in [0.25, 0.3) is 0 Å². The van der Waals surface area contributed by atoms with Crippen molar-refractivity contribution >= 4 is 21.9 Å². The van der Waals surface area contributed by atoms with Crippen LogP contribution in [0.4, 0.5) is 18.9 Å². The van der Waals surface area contributed by atoms with Crippen LogP contribution in [-0.2, 0) is 16.2 Å². The van der Waals surface area contributed by atoms with Crippen LogP contribution in [0.5, 0.6) is 0 Å². The smallest absolute Gasteiger partial charge is 0.258 e. The van der Waals surface area contributed by atoms with Crippen LogP contribution in [0.15, 0.2) is 52.5 Å². The Kier molecular flexibility index (Phi) is 5.30. The Morgan fingerprint density at radius 3 is 2.31 bits per heavy atom. The lowest BCUT2D eigenvalue weighted by Crippen LogP contribution is -2.18. The van der Waals surface area contributed by atoms with Crippen LogP contribution in [0.3, 0.4) is 0 Å². The first-order valence-corrected chi connectivity index (χ1v) is 8.46. The first-order valence-electron chi connectivity index (χ1n) is 6.98. The molecule has 0 amide bonds. The number of alkyl halides is 3. The normalized spacial score (nSPS) is 12.3. The second kappa shape index (κ2) is 7.12. The molecule has 0 aromatic heterocycles. The molecule has 138 valence electrons. The highest BCUT2D eigenvalue weighted by molar-refractivity contribution is 7.89. The molecular formula is C15H12F3N3O4S. The predicted molar refractivity (Wildman–Crippen MR) is 87.2 cm³/mol. The van der Waals surface area contributed by atoms with E-state index in [1.807, 2.05) is 4.83 Å². The molecule has 0 saturated carbocycles. The number of halogens is 3. The Balaban J connectivity index is 2.16. The van der Waals surface area contributed by atoms with Crippen LogP contribution in [0.1, 0.15) is 16.7 Å². The van der Waals surface area contributed by atoms with Crippen molar-refractivity contribution in [3.8, 4) is 0 Å². The number of hydrogen-bond acceptors (Lipinski definition) is 5. The lowest BCUT2D eigenvalue weighted by molar-refractivity contribution is -0.385. The van der Waals surface area contributed by atoms with E-state index in [0.29, 0.717) is 5.56 Å². The van der Waals surface area contributed by atoms with Gasteiger partial charge in [-0.2, -0.15) is 26.7 Å². The number of nitrogens with one attached hydrogen (secondary N) is 1. The molecule has 0 atom stereocenters. The summed E-state index contributed by atoms with van der Waals surface area (Å²) in [5.74, 6) is 0. The van der Waals surface area contributed by atoms with E-state index in [9.17, 15) is 31.7 Å². The van der Waals surface area contributed by atoms with Crippen LogP contribution >= 0.6 is 0 Å². The summed E-state index contributed by atoms with van der Waals surface area (Å²) < 4.78 is 61.6. The minimum absolute atomic E-state index is 0.232. The number of rotatable bonds is 5. The molecular weight excluding hydrogens is 375 g/mol. The Labute approximate surface area is 146 Å². The zero-order chi connectivity index (χ0) is 19.5. The third kappa shape index (κ3) is 4.57. The molecule has 0 bridgehead atoms. The molecule has 0 spiro atoms. The molecule has 0 aliphatic rings. The lowest BCUT2D eigenvalue weighted by atomic mass is 10.1. The summed E-state index contributed by atoms with van der Waals surface area (Å²) >= 11 is 0. The van der Waals surface area contributed by atoms with E-state index >= 15 is 0 Å². The number of nitro benzene ring substituents is 1. The third-order valence-corrected chi connectivity index (χ3v) is 4.53. The van der Waals surface area contributed by atoms with Gasteiger partial charge < -0.3 is 0 Å². The second-order valence-electron chi connectivity index (χ2n) is 5.18. The van der Waals surface area contributed by atoms with Crippen molar-refractivity contribution in [3.05, 3.63) is 69.3 Å². The predicted octanol–water partition coefficient (Wildman–Crippen LogP) is 3.23. The van der Waals surface area contributed by atoms with E-state index in [0.717, 1.165) is 36.5 Å². The molecule has 7 nitrogen and oxygen atoms in total. The number of benzene rings is 2. The molecule has 0 radical (unpaired) electrons. The molecule has 2 aromatic rings. The van der Waals surface area contributed by atoms with Crippen molar-refractivity contribution in [2.75, 3.05) is 0 Å². The van der Waals surface area contributed by atoms with Gasteiger partial charge in [0.2, 0.25) is 0 Å². The molecule has 2 aromatic carbocycles. The first-order chi connectivity index (χ1) is 12.0. The Morgan fingerprint density at radius 1 is 1.15 bits per heavy atom. The van der Waals surface area contributed by atoms with Gasteiger partial charge >= 0.3 is 6.18 Å². The van der Waals surface area contributed by atoms with Crippen molar-refractivity contribution in [2.45, 2.75) is 18.0 Å². The Bertz CT molecular complexity index is 955. The van der Waals surface area contributed by atoms with E-state index in [1.165, 1.54) is 19.1 Å². The van der Waals surface area contributed by atoms with E-state index in [2.05, 4.69) is 5.10 Å². The molecule has 0 heterocycles. The average molecular weight is 387 g/mol. The average Bonchev–Trinajstić information content (AvgIpc) is 2.54. The zero-order valence-electron chi connectivity index (χ0n) is 13.2. The maximum atomic E-state index is 12.5. The molecule has 0 aliphatic heterocycles. The fraction of sp³-hybridized carbons (Fsp3) is 0.133. The van der Waals surface area contributed by atoms with Crippen LogP contribution in [0, 0.1) is 17.0 Å². The highest BCUT2D eigenvalue weighted by Gasteiger charge is 2.29. The van der Waals surface area contributed by atoms with Crippen LogP contribution < -0.4 is 4.83 Å². The van der Waals surface area contributed by atoms with Crippen LogP contribution in [-0.4, -0.2) is 19.6 Å². The minimum Gasteiger partial charge on any atom is -0.258 e. The molecule has 26 heavy (non-hydrogen) atoms. The van der Waals surface area contributed by atoms with Crippen molar-refractivity contribution in [2.24, 2.45) is 5.10 Å². The van der Waals surface area contributed by atoms with Gasteiger partial charge in [-0.3, -0.25) is 10.1 Å². The van der Waals surface area contributed by atoms with E-state index in [-0.39, 0.29) is 16.1 Å². The summed E-state index contributed by atoms with van der Waals surface area (Å²) in [5, 5.41) is 14.3. The van der Waals surface area contributed by atoms with E-state index in [1.54, 1.807) is 0 Å². The van der Waals surface area contributed by atoms with Crippen molar-refractivity contribution in [1.29, 1.82) is 0 Å². The number of nitrogens with zero attached hydrogens (tertiary/aromatic N) is 2. The highest BCUT2D eigenvalue weighted by Crippen LogP contribution is 2.28. The minimum atomic E-state index is -4.47. The Morgan fingerprint density at radius 2 is 1.77 bits per heavy atom. The maximum Gasteiger partial charge on any atom is 0.416 e. The van der Waals surface area contributed by atoms with Gasteiger partial charge in [0.1, 0.15) is 0 Å². The quantitative estimate of drug-likeness (QED) is 0.483. The summed E-state index contributed by atoms with van der Waals surface area (Å²) in [4.78, 5) is 11.7. The van der Waals surface area contributed by atoms with Gasteiger partial charge in [0, 0.05) is 11.6 Å². The first kappa shape index (κ1) is 19.4. The second-order valence-corrected chi connectivity index (χ2v) is 6.84. The number of sulfonamides is 1. The van der Waals surface area contributed by atoms with Gasteiger partial charge in [-0.15, -0.1) is 0 Å². The van der Waals surface area contributed by atoms with Gasteiger partial charge in [-0.05, 0) is 30.7 Å². The van der Waals surface area contributed by atoms with Gasteiger partial charge in [-0.25, -0.2) is 4.83 Å². The van der Waals surface area contributed by atoms with Gasteiger partial charge in [0.05, 0.1) is 21.6 Å². The lowest BCUT2D eigenvalue weighted by Gasteiger charge is -2.06. The Hall–Kier alpha value is -2.95. The molecule has 0 aliphatic carbocycles. The summed E-state index contributed by atoms with van der Waals surface area (Å²) in [6, 6.07) is 7.27. The highest BCUT2D eigenvalue weighted by atomic mass is 32.2. The molecule has 0 fully saturated rings. The van der Waals surface area contributed by atoms with Crippen LogP contribution in [0.2, 0.25) is 0 Å². The van der Waals surface area contributed by atoms with Crippen molar-refractivity contribution in [3.63, 3.8) is 0 Å². The summed E-state index contributed by atoms with van der Waals surface area (Å²) in [6.07, 6.45) is -3.46. The standard InChI is InChI=1S/C15H12F3N3O4S/c1-10-2-7-13(8-14(10)21(22)23)26(24,25)20-19-9-11-3-5-12(6-4-11)15(16,17)18/h2-9,20H,1H3/b19-9+. The van der Waals surface area contributed by atoms with Gasteiger partial charge in [-0.1, -0.05) is 18.2 Å². The summed E-state index contributed by atoms with van der Waals surface area (Å²) in [5.41, 5.74) is -0.681. The van der Waals surface area contributed by atoms with Crippen molar-refractivity contribution < 1.29 is 26.5 Å². The van der Waals surface area contributed by atoms with E-state index in [4.69, 9.17) is 0 Å². The summed E-state index contributed by atoms with van der Waals surface area (Å²) in [7, 11) is -4.17. The van der Waals surface area contributed by atoms with Gasteiger partial charge in [0.25, 0.3) is 15.7 Å². The molecule has 0 unspecified atom stereocenters. The monoisotopic (exact) mass is 387 g/mol. The van der Waals surface area contributed by atoms with Gasteiger partial charge in [0.15, 0.2) is 0 Å². The number of aryl methyl sites for hydroxylation is 1. The number of hydrogen-bond donors (Lipinski definition) is 1. The third-order valence-electron chi connectivity index (χ3n) is 3.31. The molecule has 0 saturated heterocycles. The van der Waals surface area contributed by atoms with Crippen molar-refractivity contribution in [1.82, 2.24) is 4.83 Å². The molecule has 1 N–H and O–H groups in total. The maximum absolute atomic E-state index is 12.5. The summed E-state index contributed by atoms with van der Waals surface area (Å²) in [6.45, 7) is 1.46. The molecule has 11 heteroatoms.